The van der Waals surface area contributed by atoms with Gasteiger partial charge in [-0.3, -0.25) is 0 Å². The van der Waals surface area contributed by atoms with E-state index in [4.69, 9.17) is 0 Å². The first-order valence-corrected chi connectivity index (χ1v) is 8.16. The summed E-state index contributed by atoms with van der Waals surface area (Å²) in [6, 6.07) is 6.19. The molecular weight excluding hydrogens is 350 g/mol. The van der Waals surface area contributed by atoms with E-state index in [1.165, 1.54) is 10.9 Å². The molecule has 62 valence electrons. The van der Waals surface area contributed by atoms with Gasteiger partial charge in [-0.05, 0) is 34.2 Å². The second kappa shape index (κ2) is 3.60. The molecule has 0 aliphatic rings. The van der Waals surface area contributed by atoms with Crippen molar-refractivity contribution < 1.29 is 0 Å². The second-order valence-electron chi connectivity index (χ2n) is 2.34. The minimum absolute atomic E-state index is 0.659. The van der Waals surface area contributed by atoms with E-state index < -0.39 is 0 Å². The molecule has 0 saturated heterocycles. The molecule has 0 amide bonds. The standard InChI is InChI=1S/C7H5BrIN2P/c8-6-2-1-5-4-10-11(12-9)7(5)3-6/h1-4,12H. The molecule has 1 aromatic carbocycles. The maximum absolute atomic E-state index is 4.26. The van der Waals surface area contributed by atoms with E-state index in [-0.39, 0.29) is 0 Å². The van der Waals surface area contributed by atoms with Gasteiger partial charge in [0.2, 0.25) is 0 Å². The number of nitrogens with zero attached hydrogens (tertiary/aromatic N) is 2. The molecule has 0 fully saturated rings. The lowest BCUT2D eigenvalue weighted by Crippen LogP contribution is -1.80. The summed E-state index contributed by atoms with van der Waals surface area (Å²) in [6.45, 7) is 0. The minimum Gasteiger partial charge on any atom is -0.237 e. The quantitative estimate of drug-likeness (QED) is 0.565. The van der Waals surface area contributed by atoms with Crippen LogP contribution in [0.3, 0.4) is 0 Å². The first-order chi connectivity index (χ1) is 5.81. The topological polar surface area (TPSA) is 17.8 Å². The molecule has 5 heteroatoms. The van der Waals surface area contributed by atoms with Gasteiger partial charge >= 0.3 is 0 Å². The fraction of sp³-hybridized carbons (Fsp3) is 0. The number of hydrogen-bond acceptors (Lipinski definition) is 1. The summed E-state index contributed by atoms with van der Waals surface area (Å²) in [5, 5.41) is 5.45. The van der Waals surface area contributed by atoms with Crippen molar-refractivity contribution in [1.29, 1.82) is 0 Å². The van der Waals surface area contributed by atoms with Gasteiger partial charge in [-0.15, -0.1) is 0 Å². The van der Waals surface area contributed by atoms with Gasteiger partial charge in [0.15, 0.2) is 0 Å². The van der Waals surface area contributed by atoms with Gasteiger partial charge in [0.25, 0.3) is 0 Å². The fourth-order valence-electron chi connectivity index (χ4n) is 1.06. The van der Waals surface area contributed by atoms with Crippen molar-refractivity contribution in [2.75, 3.05) is 0 Å². The van der Waals surface area contributed by atoms with Crippen molar-refractivity contribution in [2.45, 2.75) is 0 Å². The van der Waals surface area contributed by atoms with E-state index in [0.29, 0.717) is 6.37 Å². The zero-order valence-corrected chi connectivity index (χ0v) is 10.7. The SMILES string of the molecule is Brc1ccc2cnn(PI)c2c1. The molecule has 2 nitrogen and oxygen atoms in total. The van der Waals surface area contributed by atoms with E-state index in [0.717, 1.165) is 4.47 Å². The maximum Gasteiger partial charge on any atom is 0.0740 e. The summed E-state index contributed by atoms with van der Waals surface area (Å²) >= 11 is 5.76. The highest BCUT2D eigenvalue weighted by Gasteiger charge is 2.00. The number of benzene rings is 1. The molecular formula is C7H5BrIN2P. The van der Waals surface area contributed by atoms with Crippen molar-refractivity contribution >= 4 is 55.2 Å². The first kappa shape index (κ1) is 8.91. The van der Waals surface area contributed by atoms with E-state index in [9.17, 15) is 0 Å². The first-order valence-electron chi connectivity index (χ1n) is 3.31. The van der Waals surface area contributed by atoms with Gasteiger partial charge in [0.1, 0.15) is 0 Å². The van der Waals surface area contributed by atoms with Crippen LogP contribution in [0.1, 0.15) is 0 Å². The predicted octanol–water partition coefficient (Wildman–Crippen LogP) is 3.59. The number of rotatable bonds is 1. The molecule has 0 bridgehead atoms. The molecule has 2 rings (SSSR count). The maximum atomic E-state index is 4.26. The van der Waals surface area contributed by atoms with Crippen molar-refractivity contribution in [2.24, 2.45) is 0 Å². The molecule has 0 aliphatic carbocycles. The van der Waals surface area contributed by atoms with E-state index >= 15 is 0 Å². The lowest BCUT2D eigenvalue weighted by molar-refractivity contribution is 1.04. The van der Waals surface area contributed by atoms with E-state index in [1.807, 2.05) is 16.7 Å². The van der Waals surface area contributed by atoms with Crippen LogP contribution in [0.5, 0.6) is 0 Å². The highest BCUT2D eigenvalue weighted by atomic mass is 127. The number of aromatic nitrogens is 2. The summed E-state index contributed by atoms with van der Waals surface area (Å²) in [7, 11) is 0. The molecule has 0 N–H and O–H groups in total. The molecule has 0 spiro atoms. The van der Waals surface area contributed by atoms with Crippen molar-refractivity contribution in [1.82, 2.24) is 9.55 Å². The van der Waals surface area contributed by atoms with Crippen LogP contribution in [0.4, 0.5) is 0 Å². The zero-order chi connectivity index (χ0) is 8.55. The third-order valence-electron chi connectivity index (χ3n) is 1.61. The van der Waals surface area contributed by atoms with Crippen LogP contribution in [0.15, 0.2) is 28.9 Å². The zero-order valence-electron chi connectivity index (χ0n) is 5.96. The summed E-state index contributed by atoms with van der Waals surface area (Å²) in [5.74, 6) is 0. The van der Waals surface area contributed by atoms with Gasteiger partial charge < -0.3 is 0 Å². The lowest BCUT2D eigenvalue weighted by Gasteiger charge is -1.96. The summed E-state index contributed by atoms with van der Waals surface area (Å²) < 4.78 is 3.10. The minimum atomic E-state index is 0.659. The second-order valence-corrected chi connectivity index (χ2v) is 5.30. The van der Waals surface area contributed by atoms with Crippen LogP contribution in [-0.4, -0.2) is 9.55 Å². The van der Waals surface area contributed by atoms with Gasteiger partial charge in [-0.2, -0.15) is 5.10 Å². The average Bonchev–Trinajstić information content (AvgIpc) is 2.46. The average molecular weight is 355 g/mol. The molecule has 2 aromatic rings. The Hall–Kier alpha value is 0.330. The monoisotopic (exact) mass is 354 g/mol. The molecule has 0 radical (unpaired) electrons. The Kier molecular flexibility index (Phi) is 2.67. The third kappa shape index (κ3) is 1.52. The lowest BCUT2D eigenvalue weighted by atomic mass is 10.3. The summed E-state index contributed by atoms with van der Waals surface area (Å²) in [4.78, 5) is 0. The Morgan fingerprint density at radius 2 is 2.33 bits per heavy atom. The number of fused-ring (bicyclic) bond motifs is 1. The molecule has 1 atom stereocenters. The van der Waals surface area contributed by atoms with Gasteiger partial charge in [0.05, 0.1) is 18.1 Å². The van der Waals surface area contributed by atoms with Crippen molar-refractivity contribution in [3.05, 3.63) is 28.9 Å². The summed E-state index contributed by atoms with van der Waals surface area (Å²) in [5.41, 5.74) is 1.19. The van der Waals surface area contributed by atoms with Crippen molar-refractivity contribution in [3.8, 4) is 0 Å². The third-order valence-corrected chi connectivity index (χ3v) is 3.99. The molecule has 12 heavy (non-hydrogen) atoms. The van der Waals surface area contributed by atoms with E-state index in [2.05, 4.69) is 55.2 Å². The smallest absolute Gasteiger partial charge is 0.0740 e. The Morgan fingerprint density at radius 1 is 1.50 bits per heavy atom. The Balaban J connectivity index is 2.75. The van der Waals surface area contributed by atoms with Crippen LogP contribution < -0.4 is 0 Å². The Labute approximate surface area is 93.2 Å². The molecule has 0 aliphatic heterocycles. The highest BCUT2D eigenvalue weighted by Crippen LogP contribution is 2.29. The molecule has 0 saturated carbocycles. The van der Waals surface area contributed by atoms with Gasteiger partial charge in [0, 0.05) is 9.86 Å². The number of halogens is 2. The molecule has 1 heterocycles. The highest BCUT2D eigenvalue weighted by molar-refractivity contribution is 14.2. The number of hydrogen-bond donors (Lipinski definition) is 0. The normalized spacial score (nSPS) is 11.8. The van der Waals surface area contributed by atoms with E-state index in [1.54, 1.807) is 0 Å². The van der Waals surface area contributed by atoms with Crippen LogP contribution in [0, 0.1) is 0 Å². The Bertz CT molecular complexity index is 415. The van der Waals surface area contributed by atoms with Crippen LogP contribution in [0.2, 0.25) is 0 Å². The van der Waals surface area contributed by atoms with Gasteiger partial charge in [-0.25, -0.2) is 4.45 Å². The Morgan fingerprint density at radius 3 is 3.08 bits per heavy atom. The predicted molar refractivity (Wildman–Crippen MR) is 65.2 cm³/mol. The van der Waals surface area contributed by atoms with Crippen molar-refractivity contribution in [3.63, 3.8) is 0 Å². The molecule has 1 aromatic heterocycles. The molecule has 1 unspecified atom stereocenters. The van der Waals surface area contributed by atoms with Crippen LogP contribution in [-0.2, 0) is 0 Å². The fourth-order valence-corrected chi connectivity index (χ4v) is 2.95. The summed E-state index contributed by atoms with van der Waals surface area (Å²) in [6.07, 6.45) is 2.56. The van der Waals surface area contributed by atoms with Crippen LogP contribution in [0.25, 0.3) is 10.9 Å². The van der Waals surface area contributed by atoms with Gasteiger partial charge in [-0.1, -0.05) is 22.0 Å². The van der Waals surface area contributed by atoms with Crippen LogP contribution >= 0.6 is 44.3 Å². The largest absolute Gasteiger partial charge is 0.237 e.